The van der Waals surface area contributed by atoms with E-state index in [-0.39, 0.29) is 0 Å². The Morgan fingerprint density at radius 2 is 2.60 bits per heavy atom. The van der Waals surface area contributed by atoms with Gasteiger partial charge in [0.1, 0.15) is 0 Å². The summed E-state index contributed by atoms with van der Waals surface area (Å²) in [5, 5.41) is 0. The molecular formula is C7H11N3. The number of rotatable bonds is 2. The molecule has 1 heterocycles. The van der Waals surface area contributed by atoms with E-state index < -0.39 is 0 Å². The van der Waals surface area contributed by atoms with Gasteiger partial charge in [-0.05, 0) is 12.5 Å². The fourth-order valence-electron chi connectivity index (χ4n) is 0.812. The van der Waals surface area contributed by atoms with E-state index in [2.05, 4.69) is 16.5 Å². The molecule has 0 atom stereocenters. The molecule has 0 aromatic carbocycles. The lowest BCUT2D eigenvalue weighted by atomic mass is 10.2. The molecule has 10 heavy (non-hydrogen) atoms. The number of hydrogen-bond acceptors (Lipinski definition) is 2. The van der Waals surface area contributed by atoms with Gasteiger partial charge in [0, 0.05) is 12.2 Å². The molecule has 1 rings (SSSR count). The number of H-pyrrole nitrogens is 1. The van der Waals surface area contributed by atoms with Crippen molar-refractivity contribution in [1.29, 1.82) is 0 Å². The maximum atomic E-state index is 5.38. The minimum atomic E-state index is 0.464. The Bertz CT molecular complexity index is 237. The molecule has 1 aromatic rings. The molecule has 0 aliphatic carbocycles. The Labute approximate surface area is 60.0 Å². The third-order valence-corrected chi connectivity index (χ3v) is 1.41. The highest BCUT2D eigenvalue weighted by atomic mass is 14.9. The highest BCUT2D eigenvalue weighted by Crippen LogP contribution is 2.09. The molecule has 1 aromatic heterocycles. The first-order valence-electron chi connectivity index (χ1n) is 3.14. The second kappa shape index (κ2) is 2.66. The summed E-state index contributed by atoms with van der Waals surface area (Å²) >= 11 is 0. The predicted octanol–water partition coefficient (Wildman–Crippen LogP) is 0.690. The lowest BCUT2D eigenvalue weighted by Crippen LogP contribution is -2.02. The van der Waals surface area contributed by atoms with Crippen molar-refractivity contribution in [3.05, 3.63) is 24.3 Å². The van der Waals surface area contributed by atoms with Gasteiger partial charge < -0.3 is 10.7 Å². The normalized spacial score (nSPS) is 9.80. The summed E-state index contributed by atoms with van der Waals surface area (Å²) in [6.45, 7) is 6.18. The van der Waals surface area contributed by atoms with Crippen molar-refractivity contribution in [3.8, 4) is 0 Å². The van der Waals surface area contributed by atoms with Crippen LogP contribution < -0.4 is 5.73 Å². The largest absolute Gasteiger partial charge is 0.348 e. The average Bonchev–Trinajstić information content (AvgIpc) is 2.34. The van der Waals surface area contributed by atoms with Crippen LogP contribution in [-0.2, 0) is 0 Å². The van der Waals surface area contributed by atoms with Gasteiger partial charge in [-0.25, -0.2) is 4.98 Å². The summed E-state index contributed by atoms with van der Waals surface area (Å²) in [4.78, 5) is 7.01. The van der Waals surface area contributed by atoms with Gasteiger partial charge in [0.2, 0.25) is 0 Å². The number of aromatic amines is 1. The molecule has 3 nitrogen and oxygen atoms in total. The predicted molar refractivity (Wildman–Crippen MR) is 41.4 cm³/mol. The van der Waals surface area contributed by atoms with Crippen LogP contribution in [0.15, 0.2) is 12.9 Å². The Hall–Kier alpha value is -1.09. The molecule has 0 saturated heterocycles. The molecule has 0 unspecified atom stereocenters. The number of aromatic nitrogens is 2. The van der Waals surface area contributed by atoms with E-state index in [1.165, 1.54) is 0 Å². The first kappa shape index (κ1) is 7.02. The van der Waals surface area contributed by atoms with Crippen LogP contribution in [0.25, 0.3) is 5.57 Å². The second-order valence-corrected chi connectivity index (χ2v) is 2.18. The van der Waals surface area contributed by atoms with Crippen LogP contribution in [0.2, 0.25) is 0 Å². The van der Waals surface area contributed by atoms with Crippen LogP contribution >= 0.6 is 0 Å². The number of nitrogens with two attached hydrogens (primary N) is 1. The topological polar surface area (TPSA) is 54.7 Å². The quantitative estimate of drug-likeness (QED) is 0.630. The van der Waals surface area contributed by atoms with Crippen LogP contribution in [0.4, 0.5) is 0 Å². The Morgan fingerprint density at radius 1 is 1.90 bits per heavy atom. The summed E-state index contributed by atoms with van der Waals surface area (Å²) < 4.78 is 0. The summed E-state index contributed by atoms with van der Waals surface area (Å²) in [6, 6.07) is 0. The monoisotopic (exact) mass is 137 g/mol. The molecule has 0 saturated carbocycles. The smallest absolute Gasteiger partial charge is 0.0929 e. The Morgan fingerprint density at radius 3 is 3.00 bits per heavy atom. The molecular weight excluding hydrogens is 126 g/mol. The van der Waals surface area contributed by atoms with Gasteiger partial charge in [-0.3, -0.25) is 0 Å². The van der Waals surface area contributed by atoms with Crippen LogP contribution in [0.1, 0.15) is 11.4 Å². The number of hydrogen-bond donors (Lipinski definition) is 2. The molecule has 0 radical (unpaired) electrons. The molecule has 0 bridgehead atoms. The zero-order valence-electron chi connectivity index (χ0n) is 6.02. The van der Waals surface area contributed by atoms with Crippen molar-refractivity contribution in [3.63, 3.8) is 0 Å². The minimum absolute atomic E-state index is 0.464. The average molecular weight is 137 g/mol. The van der Waals surface area contributed by atoms with Crippen molar-refractivity contribution in [2.45, 2.75) is 6.92 Å². The van der Waals surface area contributed by atoms with Crippen molar-refractivity contribution in [1.82, 2.24) is 9.97 Å². The van der Waals surface area contributed by atoms with E-state index in [0.29, 0.717) is 6.54 Å². The highest BCUT2D eigenvalue weighted by molar-refractivity contribution is 5.62. The SMILES string of the molecule is C=C(CN)c1nc[nH]c1C. The molecule has 0 fully saturated rings. The third-order valence-electron chi connectivity index (χ3n) is 1.41. The zero-order chi connectivity index (χ0) is 7.56. The van der Waals surface area contributed by atoms with Crippen molar-refractivity contribution in [2.75, 3.05) is 6.54 Å². The maximum absolute atomic E-state index is 5.38. The van der Waals surface area contributed by atoms with E-state index in [1.807, 2.05) is 6.92 Å². The summed E-state index contributed by atoms with van der Waals surface area (Å²) in [6.07, 6.45) is 1.64. The van der Waals surface area contributed by atoms with Gasteiger partial charge in [-0.2, -0.15) is 0 Å². The first-order valence-corrected chi connectivity index (χ1v) is 3.14. The standard InChI is InChI=1S/C7H11N3/c1-5(3-8)7-6(2)9-4-10-7/h4H,1,3,8H2,2H3,(H,9,10). The van der Waals surface area contributed by atoms with Crippen LogP contribution in [0.5, 0.6) is 0 Å². The van der Waals surface area contributed by atoms with Crippen LogP contribution in [-0.4, -0.2) is 16.5 Å². The third kappa shape index (κ3) is 1.09. The fourth-order valence-corrected chi connectivity index (χ4v) is 0.812. The summed E-state index contributed by atoms with van der Waals surface area (Å²) in [7, 11) is 0. The molecule has 0 amide bonds. The minimum Gasteiger partial charge on any atom is -0.348 e. The summed E-state index contributed by atoms with van der Waals surface area (Å²) in [5.74, 6) is 0. The Kier molecular flexibility index (Phi) is 1.87. The Balaban J connectivity index is 2.93. The molecule has 3 heteroatoms. The van der Waals surface area contributed by atoms with Gasteiger partial charge in [0.15, 0.2) is 0 Å². The van der Waals surface area contributed by atoms with E-state index in [4.69, 9.17) is 5.73 Å². The van der Waals surface area contributed by atoms with Gasteiger partial charge in [0.05, 0.1) is 12.0 Å². The lowest BCUT2D eigenvalue weighted by Gasteiger charge is -1.96. The van der Waals surface area contributed by atoms with Crippen molar-refractivity contribution in [2.24, 2.45) is 5.73 Å². The molecule has 3 N–H and O–H groups in total. The van der Waals surface area contributed by atoms with E-state index >= 15 is 0 Å². The molecule has 54 valence electrons. The lowest BCUT2D eigenvalue weighted by molar-refractivity contribution is 1.21. The van der Waals surface area contributed by atoms with Crippen molar-refractivity contribution >= 4 is 5.57 Å². The van der Waals surface area contributed by atoms with Gasteiger partial charge in [-0.15, -0.1) is 0 Å². The fraction of sp³-hybridized carbons (Fsp3) is 0.286. The number of nitrogens with one attached hydrogen (secondary N) is 1. The number of nitrogens with zero attached hydrogens (tertiary/aromatic N) is 1. The second-order valence-electron chi connectivity index (χ2n) is 2.18. The molecule has 0 spiro atoms. The van der Waals surface area contributed by atoms with E-state index in [0.717, 1.165) is 17.0 Å². The van der Waals surface area contributed by atoms with Gasteiger partial charge in [0.25, 0.3) is 0 Å². The van der Waals surface area contributed by atoms with E-state index in [9.17, 15) is 0 Å². The zero-order valence-corrected chi connectivity index (χ0v) is 6.02. The molecule has 0 aliphatic rings. The van der Waals surface area contributed by atoms with Gasteiger partial charge >= 0.3 is 0 Å². The van der Waals surface area contributed by atoms with Crippen LogP contribution in [0.3, 0.4) is 0 Å². The number of imidazole rings is 1. The van der Waals surface area contributed by atoms with Crippen LogP contribution in [0, 0.1) is 6.92 Å². The highest BCUT2D eigenvalue weighted by Gasteiger charge is 2.01. The summed E-state index contributed by atoms with van der Waals surface area (Å²) in [5.41, 5.74) is 8.17. The first-order chi connectivity index (χ1) is 4.75. The van der Waals surface area contributed by atoms with E-state index in [1.54, 1.807) is 6.33 Å². The van der Waals surface area contributed by atoms with Gasteiger partial charge in [-0.1, -0.05) is 6.58 Å². The maximum Gasteiger partial charge on any atom is 0.0929 e. The molecule has 0 aliphatic heterocycles. The van der Waals surface area contributed by atoms with Crippen molar-refractivity contribution < 1.29 is 0 Å². The number of aryl methyl sites for hydroxylation is 1.